The molecule has 1 unspecified atom stereocenters. The van der Waals surface area contributed by atoms with Gasteiger partial charge in [-0.25, -0.2) is 9.18 Å². The van der Waals surface area contributed by atoms with Crippen molar-refractivity contribution in [2.24, 2.45) is 35.0 Å². The lowest BCUT2D eigenvalue weighted by Crippen LogP contribution is -2.52. The molecule has 0 bridgehead atoms. The lowest BCUT2D eigenvalue weighted by atomic mass is 9.51. The normalized spacial score (nSPS) is 36.6. The fourth-order valence-electron chi connectivity index (χ4n) is 7.86. The van der Waals surface area contributed by atoms with Crippen LogP contribution in [-0.4, -0.2) is 30.8 Å². The minimum absolute atomic E-state index is 0.0724. The standard InChI is InChI=1S/C32H40FNO4/c1-5-37-31(36)34-25-11-14-27-23(17-25)18-32(4)29(20(3)38-30(32)35)28(27)13-10-21-9-12-26(19(2)15-21)22-7-6-8-24(33)16-22/h6-10,12-13,16,19-20,23,25,27-29H,5,11,14-15,17-18H2,1-4H3,(H,34,36)/b13-10+/t19?,20-,23-,25+,27-,28+,29-,32-/m1/s1. The number of alkyl carbamates (subject to hydrolysis) is 1. The number of benzene rings is 1. The van der Waals surface area contributed by atoms with Gasteiger partial charge in [-0.3, -0.25) is 4.79 Å². The van der Waals surface area contributed by atoms with Gasteiger partial charge in [-0.15, -0.1) is 0 Å². The van der Waals surface area contributed by atoms with Crippen LogP contribution >= 0.6 is 0 Å². The molecule has 5 nitrogen and oxygen atoms in total. The minimum atomic E-state index is -0.514. The zero-order chi connectivity index (χ0) is 27.0. The Morgan fingerprint density at radius 3 is 2.82 bits per heavy atom. The van der Waals surface area contributed by atoms with E-state index in [1.807, 2.05) is 19.9 Å². The van der Waals surface area contributed by atoms with Crippen LogP contribution in [0, 0.1) is 40.8 Å². The summed E-state index contributed by atoms with van der Waals surface area (Å²) in [6, 6.07) is 6.88. The molecule has 4 aliphatic rings. The number of rotatable bonds is 5. The van der Waals surface area contributed by atoms with Crippen molar-refractivity contribution in [3.63, 3.8) is 0 Å². The lowest BCUT2D eigenvalue weighted by Gasteiger charge is -2.51. The van der Waals surface area contributed by atoms with Gasteiger partial charge in [0.15, 0.2) is 0 Å². The molecule has 0 aromatic heterocycles. The van der Waals surface area contributed by atoms with Crippen LogP contribution in [0.1, 0.15) is 65.4 Å². The third-order valence-electron chi connectivity index (χ3n) is 9.47. The molecule has 2 saturated carbocycles. The van der Waals surface area contributed by atoms with E-state index in [2.05, 4.69) is 43.5 Å². The summed E-state index contributed by atoms with van der Waals surface area (Å²) in [6.07, 6.45) is 12.9. The predicted molar refractivity (Wildman–Crippen MR) is 145 cm³/mol. The van der Waals surface area contributed by atoms with Crippen LogP contribution in [0.4, 0.5) is 9.18 Å². The van der Waals surface area contributed by atoms with E-state index in [0.29, 0.717) is 18.4 Å². The fourth-order valence-corrected chi connectivity index (χ4v) is 7.86. The Labute approximate surface area is 225 Å². The van der Waals surface area contributed by atoms with Crippen LogP contribution in [-0.2, 0) is 14.3 Å². The summed E-state index contributed by atoms with van der Waals surface area (Å²) in [5, 5.41) is 3.04. The Balaban J connectivity index is 1.38. The molecule has 5 rings (SSSR count). The summed E-state index contributed by atoms with van der Waals surface area (Å²) >= 11 is 0. The van der Waals surface area contributed by atoms with Gasteiger partial charge in [0.2, 0.25) is 0 Å². The third kappa shape index (κ3) is 5.06. The third-order valence-corrected chi connectivity index (χ3v) is 9.47. The maximum atomic E-state index is 13.8. The molecular weight excluding hydrogens is 481 g/mol. The van der Waals surface area contributed by atoms with Crippen LogP contribution in [0.3, 0.4) is 0 Å². The first-order valence-corrected chi connectivity index (χ1v) is 14.2. The number of hydrogen-bond donors (Lipinski definition) is 1. The van der Waals surface area contributed by atoms with Gasteiger partial charge in [-0.2, -0.15) is 0 Å². The maximum absolute atomic E-state index is 13.8. The highest BCUT2D eigenvalue weighted by atomic mass is 19.1. The molecule has 8 atom stereocenters. The molecule has 1 amide bonds. The molecule has 1 aromatic rings. The van der Waals surface area contributed by atoms with Crippen LogP contribution in [0.2, 0.25) is 0 Å². The Morgan fingerprint density at radius 1 is 1.26 bits per heavy atom. The number of allylic oxidation sites excluding steroid dienone is 6. The second kappa shape index (κ2) is 10.7. The summed E-state index contributed by atoms with van der Waals surface area (Å²) in [4.78, 5) is 25.1. The largest absolute Gasteiger partial charge is 0.462 e. The summed E-state index contributed by atoms with van der Waals surface area (Å²) in [5.74, 6) is 1.14. The van der Waals surface area contributed by atoms with Crippen LogP contribution in [0.5, 0.6) is 0 Å². The first-order chi connectivity index (χ1) is 18.2. The summed E-state index contributed by atoms with van der Waals surface area (Å²) < 4.78 is 24.7. The first kappa shape index (κ1) is 26.7. The molecule has 1 aromatic carbocycles. The van der Waals surface area contributed by atoms with Gasteiger partial charge in [-0.05, 0) is 105 Å². The van der Waals surface area contributed by atoms with Gasteiger partial charge in [0.05, 0.1) is 12.0 Å². The van der Waals surface area contributed by atoms with Crippen LogP contribution in [0.25, 0.3) is 5.57 Å². The monoisotopic (exact) mass is 521 g/mol. The molecule has 1 saturated heterocycles. The maximum Gasteiger partial charge on any atom is 0.407 e. The molecular formula is C32H40FNO4. The first-order valence-electron chi connectivity index (χ1n) is 14.2. The molecule has 204 valence electrons. The fraction of sp³-hybridized carbons (Fsp3) is 0.562. The number of cyclic esters (lactones) is 1. The second-order valence-electron chi connectivity index (χ2n) is 12.0. The number of amides is 1. The molecule has 3 aliphatic carbocycles. The summed E-state index contributed by atoms with van der Waals surface area (Å²) in [7, 11) is 0. The zero-order valence-corrected chi connectivity index (χ0v) is 22.9. The molecule has 0 spiro atoms. The predicted octanol–water partition coefficient (Wildman–Crippen LogP) is 6.85. The minimum Gasteiger partial charge on any atom is -0.462 e. The Kier molecular flexibility index (Phi) is 7.52. The lowest BCUT2D eigenvalue weighted by molar-refractivity contribution is -0.150. The smallest absolute Gasteiger partial charge is 0.407 e. The quantitative estimate of drug-likeness (QED) is 0.431. The van der Waals surface area contributed by atoms with E-state index in [9.17, 15) is 14.0 Å². The van der Waals surface area contributed by atoms with E-state index >= 15 is 0 Å². The van der Waals surface area contributed by atoms with Crippen molar-refractivity contribution >= 4 is 17.6 Å². The molecule has 1 heterocycles. The van der Waals surface area contributed by atoms with Gasteiger partial charge < -0.3 is 14.8 Å². The van der Waals surface area contributed by atoms with Crippen molar-refractivity contribution in [1.82, 2.24) is 5.32 Å². The van der Waals surface area contributed by atoms with E-state index < -0.39 is 5.41 Å². The number of ether oxygens (including phenoxy) is 2. The molecule has 1 aliphatic heterocycles. The molecule has 1 N–H and O–H groups in total. The van der Waals surface area contributed by atoms with E-state index in [4.69, 9.17) is 9.47 Å². The van der Waals surface area contributed by atoms with Crippen molar-refractivity contribution in [3.8, 4) is 0 Å². The number of nitrogens with one attached hydrogen (secondary N) is 1. The molecule has 38 heavy (non-hydrogen) atoms. The number of hydrogen-bond acceptors (Lipinski definition) is 4. The highest BCUT2D eigenvalue weighted by Gasteiger charge is 2.61. The van der Waals surface area contributed by atoms with Crippen molar-refractivity contribution in [1.29, 1.82) is 0 Å². The highest BCUT2D eigenvalue weighted by Crippen LogP contribution is 2.59. The molecule has 3 fully saturated rings. The van der Waals surface area contributed by atoms with Gasteiger partial charge in [0, 0.05) is 12.0 Å². The van der Waals surface area contributed by atoms with Gasteiger partial charge >= 0.3 is 12.1 Å². The topological polar surface area (TPSA) is 64.6 Å². The Morgan fingerprint density at radius 2 is 2.08 bits per heavy atom. The van der Waals surface area contributed by atoms with Crippen molar-refractivity contribution in [2.45, 2.75) is 71.9 Å². The second-order valence-corrected chi connectivity index (χ2v) is 12.0. The van der Waals surface area contributed by atoms with E-state index in [-0.39, 0.29) is 47.8 Å². The average molecular weight is 522 g/mol. The van der Waals surface area contributed by atoms with Crippen molar-refractivity contribution < 1.29 is 23.5 Å². The summed E-state index contributed by atoms with van der Waals surface area (Å²) in [6.45, 7) is 8.48. The zero-order valence-electron chi connectivity index (χ0n) is 22.9. The molecule has 6 heteroatoms. The number of halogens is 1. The van der Waals surface area contributed by atoms with Gasteiger partial charge in [0.25, 0.3) is 0 Å². The van der Waals surface area contributed by atoms with Gasteiger partial charge in [-0.1, -0.05) is 43.4 Å². The number of fused-ring (bicyclic) bond motifs is 2. The number of carbonyl (C=O) groups excluding carboxylic acids is 2. The van der Waals surface area contributed by atoms with Crippen molar-refractivity contribution in [3.05, 3.63) is 65.5 Å². The van der Waals surface area contributed by atoms with Gasteiger partial charge in [0.1, 0.15) is 11.9 Å². The SMILES string of the molecule is CCOC(=O)N[C@H]1CC[C@@H]2[C@H](C1)C[C@@]1(C)C(=O)O[C@H](C)[C@@H]1[C@H]2/C=C/C1=CC=C(c2cccc(F)c2)C(C)C1. The van der Waals surface area contributed by atoms with Crippen molar-refractivity contribution in [2.75, 3.05) is 6.61 Å². The van der Waals surface area contributed by atoms with Crippen LogP contribution < -0.4 is 5.32 Å². The van der Waals surface area contributed by atoms with E-state index in [1.165, 1.54) is 11.6 Å². The number of esters is 1. The Hall–Kier alpha value is -2.89. The van der Waals surface area contributed by atoms with E-state index in [1.54, 1.807) is 12.1 Å². The average Bonchev–Trinajstić information content (AvgIpc) is 3.09. The summed E-state index contributed by atoms with van der Waals surface area (Å²) in [5.41, 5.74) is 2.83. The van der Waals surface area contributed by atoms with E-state index in [0.717, 1.165) is 43.2 Å². The highest BCUT2D eigenvalue weighted by molar-refractivity contribution is 5.79. The molecule has 0 radical (unpaired) electrons. The number of carbonyl (C=O) groups is 2. The van der Waals surface area contributed by atoms with Crippen LogP contribution in [0.15, 0.2) is 54.1 Å². The Bertz CT molecular complexity index is 1170.